The third-order valence-corrected chi connectivity index (χ3v) is 4.40. The summed E-state index contributed by atoms with van der Waals surface area (Å²) in [5, 5.41) is 3.41. The van der Waals surface area contributed by atoms with E-state index in [9.17, 15) is 0 Å². The SMILES string of the molecule is CC(C)c1c(N)ncnc1Sc1ccc2ccccc2c1. The summed E-state index contributed by atoms with van der Waals surface area (Å²) < 4.78 is 0. The first-order valence-electron chi connectivity index (χ1n) is 6.92. The highest BCUT2D eigenvalue weighted by atomic mass is 32.2. The van der Waals surface area contributed by atoms with Crippen molar-refractivity contribution in [2.24, 2.45) is 0 Å². The van der Waals surface area contributed by atoms with E-state index in [1.807, 2.05) is 0 Å². The number of nitrogens with two attached hydrogens (primary N) is 1. The Balaban J connectivity index is 2.00. The van der Waals surface area contributed by atoms with E-state index in [0.717, 1.165) is 15.5 Å². The lowest BCUT2D eigenvalue weighted by Gasteiger charge is -2.13. The summed E-state index contributed by atoms with van der Waals surface area (Å²) in [4.78, 5) is 9.67. The second-order valence-electron chi connectivity index (χ2n) is 5.24. The van der Waals surface area contributed by atoms with Crippen LogP contribution in [-0.4, -0.2) is 9.97 Å². The first kappa shape index (κ1) is 13.9. The number of anilines is 1. The lowest BCUT2D eigenvalue weighted by atomic mass is 10.1. The van der Waals surface area contributed by atoms with Crippen molar-refractivity contribution in [3.8, 4) is 0 Å². The third-order valence-electron chi connectivity index (χ3n) is 3.39. The number of hydrogen-bond donors (Lipinski definition) is 1. The zero-order chi connectivity index (χ0) is 14.8. The largest absolute Gasteiger partial charge is 0.383 e. The molecule has 0 saturated carbocycles. The van der Waals surface area contributed by atoms with Crippen LogP contribution in [-0.2, 0) is 0 Å². The maximum atomic E-state index is 6.00. The summed E-state index contributed by atoms with van der Waals surface area (Å²) in [6, 6.07) is 14.8. The topological polar surface area (TPSA) is 51.8 Å². The molecule has 0 fully saturated rings. The fourth-order valence-electron chi connectivity index (χ4n) is 2.36. The summed E-state index contributed by atoms with van der Waals surface area (Å²) in [6.45, 7) is 4.22. The van der Waals surface area contributed by atoms with Gasteiger partial charge in [0.1, 0.15) is 17.2 Å². The second-order valence-corrected chi connectivity index (χ2v) is 6.31. The molecule has 3 rings (SSSR count). The average Bonchev–Trinajstić information content (AvgIpc) is 2.47. The van der Waals surface area contributed by atoms with Crippen molar-refractivity contribution >= 4 is 28.4 Å². The molecular weight excluding hydrogens is 278 g/mol. The highest BCUT2D eigenvalue weighted by molar-refractivity contribution is 7.99. The van der Waals surface area contributed by atoms with Crippen LogP contribution in [0.1, 0.15) is 25.3 Å². The van der Waals surface area contributed by atoms with E-state index in [4.69, 9.17) is 5.73 Å². The van der Waals surface area contributed by atoms with Crippen LogP contribution in [0.15, 0.2) is 58.7 Å². The van der Waals surface area contributed by atoms with Gasteiger partial charge in [-0.25, -0.2) is 9.97 Å². The first-order valence-corrected chi connectivity index (χ1v) is 7.74. The normalized spacial score (nSPS) is 11.2. The lowest BCUT2D eigenvalue weighted by molar-refractivity contribution is 0.808. The number of rotatable bonds is 3. The molecule has 4 heteroatoms. The Kier molecular flexibility index (Phi) is 3.80. The van der Waals surface area contributed by atoms with Crippen LogP contribution >= 0.6 is 11.8 Å². The molecule has 0 spiro atoms. The molecular formula is C17H17N3S. The van der Waals surface area contributed by atoms with Gasteiger partial charge in [-0.05, 0) is 28.8 Å². The quantitative estimate of drug-likeness (QED) is 0.723. The summed E-state index contributed by atoms with van der Waals surface area (Å²) in [6.07, 6.45) is 1.53. The molecule has 1 aromatic heterocycles. The molecule has 3 aromatic rings. The Labute approximate surface area is 128 Å². The molecule has 0 aliphatic heterocycles. The molecule has 0 saturated heterocycles. The minimum absolute atomic E-state index is 0.300. The van der Waals surface area contributed by atoms with Gasteiger partial charge in [0.05, 0.1) is 0 Å². The Morgan fingerprint density at radius 3 is 2.52 bits per heavy atom. The third kappa shape index (κ3) is 2.85. The van der Waals surface area contributed by atoms with Gasteiger partial charge in [-0.1, -0.05) is 55.9 Å². The standard InChI is InChI=1S/C17H17N3S/c1-11(2)15-16(18)19-10-20-17(15)21-14-8-7-12-5-3-4-6-13(12)9-14/h3-11H,1-2H3,(H2,18,19,20). The van der Waals surface area contributed by atoms with Gasteiger partial charge in [0.2, 0.25) is 0 Å². The maximum Gasteiger partial charge on any atom is 0.131 e. The molecule has 0 aliphatic carbocycles. The molecule has 2 aromatic carbocycles. The van der Waals surface area contributed by atoms with E-state index in [1.165, 1.54) is 17.1 Å². The van der Waals surface area contributed by atoms with Crippen molar-refractivity contribution in [2.45, 2.75) is 29.7 Å². The van der Waals surface area contributed by atoms with Gasteiger partial charge < -0.3 is 5.73 Å². The zero-order valence-electron chi connectivity index (χ0n) is 12.1. The lowest BCUT2D eigenvalue weighted by Crippen LogP contribution is -2.03. The van der Waals surface area contributed by atoms with Gasteiger partial charge in [-0.2, -0.15) is 0 Å². The predicted molar refractivity (Wildman–Crippen MR) is 88.6 cm³/mol. The van der Waals surface area contributed by atoms with E-state index in [1.54, 1.807) is 11.8 Å². The Morgan fingerprint density at radius 2 is 1.76 bits per heavy atom. The molecule has 0 atom stereocenters. The van der Waals surface area contributed by atoms with Crippen LogP contribution in [0.2, 0.25) is 0 Å². The van der Waals surface area contributed by atoms with Crippen molar-refractivity contribution < 1.29 is 0 Å². The maximum absolute atomic E-state index is 6.00. The van der Waals surface area contributed by atoms with Crippen molar-refractivity contribution in [1.29, 1.82) is 0 Å². The van der Waals surface area contributed by atoms with Gasteiger partial charge in [-0.3, -0.25) is 0 Å². The second kappa shape index (κ2) is 5.74. The van der Waals surface area contributed by atoms with Gasteiger partial charge in [0.15, 0.2) is 0 Å². The number of nitrogens with zero attached hydrogens (tertiary/aromatic N) is 2. The van der Waals surface area contributed by atoms with Gasteiger partial charge in [-0.15, -0.1) is 0 Å². The molecule has 2 N–H and O–H groups in total. The smallest absolute Gasteiger partial charge is 0.131 e. The Hall–Kier alpha value is -2.07. The minimum Gasteiger partial charge on any atom is -0.383 e. The van der Waals surface area contributed by atoms with E-state index in [2.05, 4.69) is 66.3 Å². The van der Waals surface area contributed by atoms with Crippen molar-refractivity contribution in [3.63, 3.8) is 0 Å². The van der Waals surface area contributed by atoms with Crippen LogP contribution in [0.25, 0.3) is 10.8 Å². The van der Waals surface area contributed by atoms with E-state index in [0.29, 0.717) is 11.7 Å². The van der Waals surface area contributed by atoms with E-state index < -0.39 is 0 Å². The van der Waals surface area contributed by atoms with Crippen molar-refractivity contribution in [1.82, 2.24) is 9.97 Å². The van der Waals surface area contributed by atoms with Gasteiger partial charge in [0.25, 0.3) is 0 Å². The monoisotopic (exact) mass is 295 g/mol. The molecule has 1 heterocycles. The molecule has 0 aliphatic rings. The fraction of sp³-hybridized carbons (Fsp3) is 0.176. The summed E-state index contributed by atoms with van der Waals surface area (Å²) >= 11 is 1.64. The summed E-state index contributed by atoms with van der Waals surface area (Å²) in [7, 11) is 0. The Morgan fingerprint density at radius 1 is 1.00 bits per heavy atom. The highest BCUT2D eigenvalue weighted by Gasteiger charge is 2.14. The molecule has 0 unspecified atom stereocenters. The molecule has 0 amide bonds. The van der Waals surface area contributed by atoms with E-state index in [-0.39, 0.29) is 0 Å². The fourth-order valence-corrected chi connectivity index (χ4v) is 3.45. The molecule has 21 heavy (non-hydrogen) atoms. The van der Waals surface area contributed by atoms with Crippen molar-refractivity contribution in [3.05, 3.63) is 54.4 Å². The van der Waals surface area contributed by atoms with Crippen LogP contribution < -0.4 is 5.73 Å². The molecule has 0 radical (unpaired) electrons. The molecule has 0 bridgehead atoms. The van der Waals surface area contributed by atoms with Crippen LogP contribution in [0, 0.1) is 0 Å². The first-order chi connectivity index (χ1) is 10.1. The number of aromatic nitrogens is 2. The zero-order valence-corrected chi connectivity index (χ0v) is 12.9. The molecule has 3 nitrogen and oxygen atoms in total. The highest BCUT2D eigenvalue weighted by Crippen LogP contribution is 2.35. The predicted octanol–water partition coefficient (Wildman–Crippen LogP) is 4.49. The number of nitrogen functional groups attached to an aromatic ring is 1. The number of fused-ring (bicyclic) bond motifs is 1. The summed E-state index contributed by atoms with van der Waals surface area (Å²) in [5.41, 5.74) is 7.03. The van der Waals surface area contributed by atoms with E-state index >= 15 is 0 Å². The summed E-state index contributed by atoms with van der Waals surface area (Å²) in [5.74, 6) is 0.873. The average molecular weight is 295 g/mol. The van der Waals surface area contributed by atoms with Crippen LogP contribution in [0.5, 0.6) is 0 Å². The van der Waals surface area contributed by atoms with Gasteiger partial charge in [0, 0.05) is 10.5 Å². The van der Waals surface area contributed by atoms with Gasteiger partial charge >= 0.3 is 0 Å². The van der Waals surface area contributed by atoms with Crippen molar-refractivity contribution in [2.75, 3.05) is 5.73 Å². The Bertz CT molecular complexity index is 784. The number of hydrogen-bond acceptors (Lipinski definition) is 4. The number of benzene rings is 2. The van der Waals surface area contributed by atoms with Crippen LogP contribution in [0.4, 0.5) is 5.82 Å². The minimum atomic E-state index is 0.300. The molecule has 106 valence electrons. The van der Waals surface area contributed by atoms with Crippen LogP contribution in [0.3, 0.4) is 0 Å².